The van der Waals surface area contributed by atoms with Gasteiger partial charge in [0, 0.05) is 44.0 Å². The zero-order valence-corrected chi connectivity index (χ0v) is 20.3. The summed E-state index contributed by atoms with van der Waals surface area (Å²) in [6, 6.07) is 11.1. The van der Waals surface area contributed by atoms with Crippen LogP contribution in [0.1, 0.15) is 11.1 Å². The molecule has 1 fully saturated rings. The lowest BCUT2D eigenvalue weighted by molar-refractivity contribution is -0.111. The SMILES string of the molecule is C=CC(=O)Nc1cc(N2CCN(C)CC2)ccc1Nc1ncc(C#N)c(NCc2c(F)cccc2F)n1. The lowest BCUT2D eigenvalue weighted by atomic mass is 10.2. The van der Waals surface area contributed by atoms with Gasteiger partial charge in [0.25, 0.3) is 0 Å². The normalized spacial score (nSPS) is 13.5. The van der Waals surface area contributed by atoms with Gasteiger partial charge in [0.05, 0.1) is 17.6 Å². The Labute approximate surface area is 213 Å². The molecule has 0 unspecified atom stereocenters. The topological polar surface area (TPSA) is 109 Å². The van der Waals surface area contributed by atoms with Crippen LogP contribution in [0.15, 0.2) is 55.3 Å². The van der Waals surface area contributed by atoms with E-state index in [0.29, 0.717) is 11.4 Å². The Balaban J connectivity index is 1.59. The van der Waals surface area contributed by atoms with Gasteiger partial charge >= 0.3 is 0 Å². The maximum atomic E-state index is 14.0. The Morgan fingerprint density at radius 3 is 2.57 bits per heavy atom. The van der Waals surface area contributed by atoms with Crippen LogP contribution in [0.3, 0.4) is 0 Å². The second kappa shape index (κ2) is 11.5. The van der Waals surface area contributed by atoms with E-state index in [2.05, 4.69) is 49.3 Å². The van der Waals surface area contributed by atoms with Crippen LogP contribution in [-0.4, -0.2) is 54.0 Å². The van der Waals surface area contributed by atoms with Crippen molar-refractivity contribution in [3.63, 3.8) is 0 Å². The smallest absolute Gasteiger partial charge is 0.247 e. The third-order valence-corrected chi connectivity index (χ3v) is 5.96. The molecule has 1 aliphatic heterocycles. The fourth-order valence-electron chi connectivity index (χ4n) is 3.84. The molecule has 4 rings (SSSR count). The summed E-state index contributed by atoms with van der Waals surface area (Å²) < 4.78 is 28.1. The van der Waals surface area contributed by atoms with Gasteiger partial charge in [-0.25, -0.2) is 13.8 Å². The molecule has 2 aromatic carbocycles. The van der Waals surface area contributed by atoms with Crippen LogP contribution in [0, 0.1) is 23.0 Å². The first kappa shape index (κ1) is 25.5. The monoisotopic (exact) mass is 504 g/mol. The van der Waals surface area contributed by atoms with Gasteiger partial charge in [-0.15, -0.1) is 0 Å². The Morgan fingerprint density at radius 1 is 1.16 bits per heavy atom. The van der Waals surface area contributed by atoms with Crippen molar-refractivity contribution in [1.82, 2.24) is 14.9 Å². The predicted octanol–water partition coefficient (Wildman–Crippen LogP) is 3.86. The Hall–Kier alpha value is -4.56. The number of carbonyl (C=O) groups excluding carboxylic acids is 1. The molecule has 37 heavy (non-hydrogen) atoms. The van der Waals surface area contributed by atoms with Crippen LogP contribution in [0.25, 0.3) is 0 Å². The molecule has 0 atom stereocenters. The lowest BCUT2D eigenvalue weighted by Crippen LogP contribution is -2.44. The molecule has 0 radical (unpaired) electrons. The van der Waals surface area contributed by atoms with Crippen LogP contribution in [-0.2, 0) is 11.3 Å². The molecule has 1 amide bonds. The summed E-state index contributed by atoms with van der Waals surface area (Å²) in [4.78, 5) is 25.1. The van der Waals surface area contributed by atoms with Gasteiger partial charge in [0.15, 0.2) is 0 Å². The molecule has 190 valence electrons. The number of piperazine rings is 1. The van der Waals surface area contributed by atoms with Gasteiger partial charge in [0.1, 0.15) is 29.1 Å². The number of nitriles is 1. The van der Waals surface area contributed by atoms with Crippen molar-refractivity contribution < 1.29 is 13.6 Å². The van der Waals surface area contributed by atoms with Crippen molar-refractivity contribution >= 4 is 34.7 Å². The summed E-state index contributed by atoms with van der Waals surface area (Å²) in [5.74, 6) is -1.57. The summed E-state index contributed by atoms with van der Waals surface area (Å²) in [6.45, 7) is 6.87. The van der Waals surface area contributed by atoms with Gasteiger partial charge < -0.3 is 25.8 Å². The van der Waals surface area contributed by atoms with E-state index in [4.69, 9.17) is 0 Å². The lowest BCUT2D eigenvalue weighted by Gasteiger charge is -2.34. The van der Waals surface area contributed by atoms with Crippen LogP contribution >= 0.6 is 0 Å². The number of nitrogens with one attached hydrogen (secondary N) is 3. The van der Waals surface area contributed by atoms with Crippen LogP contribution < -0.4 is 20.9 Å². The molecule has 11 heteroatoms. The van der Waals surface area contributed by atoms with Crippen LogP contribution in [0.2, 0.25) is 0 Å². The second-order valence-electron chi connectivity index (χ2n) is 8.46. The van der Waals surface area contributed by atoms with E-state index in [9.17, 15) is 18.8 Å². The summed E-state index contributed by atoms with van der Waals surface area (Å²) in [5, 5.41) is 18.1. The zero-order chi connectivity index (χ0) is 26.4. The molecule has 1 aromatic heterocycles. The molecule has 0 aliphatic carbocycles. The number of hydrogen-bond acceptors (Lipinski definition) is 8. The molecule has 0 saturated carbocycles. The summed E-state index contributed by atoms with van der Waals surface area (Å²) in [7, 11) is 2.08. The van der Waals surface area contributed by atoms with E-state index in [0.717, 1.165) is 44.0 Å². The van der Waals surface area contributed by atoms with Gasteiger partial charge in [0.2, 0.25) is 11.9 Å². The first-order valence-electron chi connectivity index (χ1n) is 11.6. The van der Waals surface area contributed by atoms with Crippen molar-refractivity contribution in [2.45, 2.75) is 6.54 Å². The van der Waals surface area contributed by atoms with Crippen molar-refractivity contribution in [3.8, 4) is 6.07 Å². The van der Waals surface area contributed by atoms with E-state index in [1.807, 2.05) is 18.2 Å². The minimum absolute atomic E-state index is 0.105. The first-order valence-corrected chi connectivity index (χ1v) is 11.6. The highest BCUT2D eigenvalue weighted by Gasteiger charge is 2.17. The Bertz CT molecular complexity index is 1330. The molecule has 1 aliphatic rings. The van der Waals surface area contributed by atoms with E-state index in [-0.39, 0.29) is 35.3 Å². The summed E-state index contributed by atoms with van der Waals surface area (Å²) >= 11 is 0. The average Bonchev–Trinajstić information content (AvgIpc) is 2.90. The Morgan fingerprint density at radius 2 is 1.89 bits per heavy atom. The molecular formula is C26H26F2N8O. The fraction of sp³-hybridized carbons (Fsp3) is 0.231. The number of halogens is 2. The predicted molar refractivity (Wildman–Crippen MR) is 139 cm³/mol. The summed E-state index contributed by atoms with van der Waals surface area (Å²) in [6.07, 6.45) is 2.48. The maximum absolute atomic E-state index is 14.0. The standard InChI is InChI=1S/C26H26F2N8O/c1-3-24(37)32-23-13-18(36-11-9-35(2)10-12-36)7-8-22(23)33-26-31-15-17(14-29)25(34-26)30-16-19-20(27)5-4-6-21(19)28/h3-8,13,15H,1,9-12,16H2,2H3,(H,32,37)(H2,30,31,33,34). The molecule has 3 N–H and O–H groups in total. The highest BCUT2D eigenvalue weighted by atomic mass is 19.1. The van der Waals surface area contributed by atoms with Gasteiger partial charge in [-0.05, 0) is 43.5 Å². The van der Waals surface area contributed by atoms with Gasteiger partial charge in [-0.3, -0.25) is 4.79 Å². The maximum Gasteiger partial charge on any atom is 0.247 e. The second-order valence-corrected chi connectivity index (χ2v) is 8.46. The number of anilines is 5. The van der Waals surface area contributed by atoms with Crippen molar-refractivity contribution in [1.29, 1.82) is 5.26 Å². The minimum atomic E-state index is -0.707. The number of likely N-dealkylation sites (N-methyl/N-ethyl adjacent to an activating group) is 1. The highest BCUT2D eigenvalue weighted by Crippen LogP contribution is 2.31. The number of rotatable bonds is 8. The number of carbonyl (C=O) groups is 1. The van der Waals surface area contributed by atoms with E-state index < -0.39 is 11.6 Å². The minimum Gasteiger partial charge on any atom is -0.369 e. The van der Waals surface area contributed by atoms with Gasteiger partial charge in [-0.1, -0.05) is 12.6 Å². The molecule has 0 bridgehead atoms. The number of nitrogens with zero attached hydrogens (tertiary/aromatic N) is 5. The molecule has 3 aromatic rings. The third kappa shape index (κ3) is 6.17. The summed E-state index contributed by atoms with van der Waals surface area (Å²) in [5.41, 5.74) is 1.90. The van der Waals surface area contributed by atoms with E-state index >= 15 is 0 Å². The van der Waals surface area contributed by atoms with Crippen molar-refractivity contribution in [2.75, 3.05) is 54.1 Å². The quantitative estimate of drug-likeness (QED) is 0.397. The van der Waals surface area contributed by atoms with Crippen LogP contribution in [0.5, 0.6) is 0 Å². The molecule has 0 spiro atoms. The average molecular weight is 505 g/mol. The van der Waals surface area contributed by atoms with Crippen molar-refractivity contribution in [3.05, 3.63) is 78.0 Å². The molecule has 2 heterocycles. The first-order chi connectivity index (χ1) is 17.9. The number of amides is 1. The molecule has 9 nitrogen and oxygen atoms in total. The largest absolute Gasteiger partial charge is 0.369 e. The zero-order valence-electron chi connectivity index (χ0n) is 20.3. The van der Waals surface area contributed by atoms with E-state index in [1.165, 1.54) is 18.3 Å². The molecule has 1 saturated heterocycles. The van der Waals surface area contributed by atoms with Gasteiger partial charge in [-0.2, -0.15) is 10.2 Å². The highest BCUT2D eigenvalue weighted by molar-refractivity contribution is 6.01. The fourth-order valence-corrected chi connectivity index (χ4v) is 3.84. The number of aromatic nitrogens is 2. The number of hydrogen-bond donors (Lipinski definition) is 3. The van der Waals surface area contributed by atoms with Crippen molar-refractivity contribution in [2.24, 2.45) is 0 Å². The Kier molecular flexibility index (Phi) is 7.90. The van der Waals surface area contributed by atoms with E-state index in [1.54, 1.807) is 6.07 Å². The third-order valence-electron chi connectivity index (χ3n) is 5.96. The number of benzene rings is 2. The molecular weight excluding hydrogens is 478 g/mol. The van der Waals surface area contributed by atoms with Crippen LogP contribution in [0.4, 0.5) is 37.6 Å².